The highest BCUT2D eigenvalue weighted by Gasteiger charge is 2.04. The van der Waals surface area contributed by atoms with Crippen LogP contribution in [-0.2, 0) is 6.42 Å². The molecule has 1 aromatic carbocycles. The van der Waals surface area contributed by atoms with Crippen molar-refractivity contribution in [2.75, 3.05) is 6.54 Å². The second-order valence-electron chi connectivity index (χ2n) is 4.23. The zero-order valence-electron chi connectivity index (χ0n) is 9.96. The molecular weight excluding hydrogens is 215 g/mol. The lowest BCUT2D eigenvalue weighted by atomic mass is 10.1. The molecule has 17 heavy (non-hydrogen) atoms. The van der Waals surface area contributed by atoms with Gasteiger partial charge in [0, 0.05) is 23.1 Å². The monoisotopic (exact) mass is 232 g/mol. The van der Waals surface area contributed by atoms with Crippen LogP contribution in [-0.4, -0.2) is 17.6 Å². The number of rotatable bonds is 5. The van der Waals surface area contributed by atoms with Crippen LogP contribution >= 0.6 is 0 Å². The van der Waals surface area contributed by atoms with Gasteiger partial charge in [0.05, 0.1) is 0 Å². The SMILES string of the molecule is C=CC(C)NCCc1c[nH]c2ccc(F)cc12. The van der Waals surface area contributed by atoms with Gasteiger partial charge in [0.2, 0.25) is 0 Å². The molecule has 0 spiro atoms. The van der Waals surface area contributed by atoms with Crippen LogP contribution in [0.15, 0.2) is 37.1 Å². The number of hydrogen-bond donors (Lipinski definition) is 2. The minimum Gasteiger partial charge on any atom is -0.361 e. The van der Waals surface area contributed by atoms with Crippen molar-refractivity contribution < 1.29 is 4.39 Å². The number of nitrogens with one attached hydrogen (secondary N) is 2. The maximum atomic E-state index is 13.2. The van der Waals surface area contributed by atoms with E-state index in [9.17, 15) is 4.39 Å². The van der Waals surface area contributed by atoms with Gasteiger partial charge in [-0.25, -0.2) is 4.39 Å². The summed E-state index contributed by atoms with van der Waals surface area (Å²) in [5.41, 5.74) is 2.13. The average Bonchev–Trinajstić information content (AvgIpc) is 2.72. The molecule has 1 heterocycles. The van der Waals surface area contributed by atoms with Crippen LogP contribution in [0.1, 0.15) is 12.5 Å². The second kappa shape index (κ2) is 5.15. The maximum Gasteiger partial charge on any atom is 0.123 e. The van der Waals surface area contributed by atoms with E-state index in [1.54, 1.807) is 12.1 Å². The van der Waals surface area contributed by atoms with Gasteiger partial charge in [-0.05, 0) is 43.7 Å². The minimum absolute atomic E-state index is 0.189. The first-order valence-electron chi connectivity index (χ1n) is 5.82. The van der Waals surface area contributed by atoms with E-state index in [0.717, 1.165) is 29.4 Å². The molecule has 0 saturated heterocycles. The second-order valence-corrected chi connectivity index (χ2v) is 4.23. The molecule has 90 valence electrons. The Morgan fingerprint density at radius 1 is 1.53 bits per heavy atom. The standard InChI is InChI=1S/C14H17FN2/c1-3-10(2)16-7-6-11-9-17-14-5-4-12(15)8-13(11)14/h3-5,8-10,16-17H,1,6-7H2,2H3. The number of H-pyrrole nitrogens is 1. The quantitative estimate of drug-likeness (QED) is 0.762. The van der Waals surface area contributed by atoms with E-state index in [-0.39, 0.29) is 5.82 Å². The molecule has 2 rings (SSSR count). The van der Waals surface area contributed by atoms with E-state index in [4.69, 9.17) is 0 Å². The highest BCUT2D eigenvalue weighted by molar-refractivity contribution is 5.83. The number of hydrogen-bond acceptors (Lipinski definition) is 1. The van der Waals surface area contributed by atoms with Crippen LogP contribution in [0, 0.1) is 5.82 Å². The molecule has 3 heteroatoms. The molecule has 2 aromatic rings. The van der Waals surface area contributed by atoms with E-state index in [1.807, 2.05) is 12.3 Å². The lowest BCUT2D eigenvalue weighted by Crippen LogP contribution is -2.25. The van der Waals surface area contributed by atoms with Gasteiger partial charge in [0.1, 0.15) is 5.82 Å². The van der Waals surface area contributed by atoms with Crippen molar-refractivity contribution in [1.82, 2.24) is 10.3 Å². The van der Waals surface area contributed by atoms with Crippen LogP contribution in [0.4, 0.5) is 4.39 Å². The Balaban J connectivity index is 2.08. The Kier molecular flexibility index (Phi) is 3.59. The van der Waals surface area contributed by atoms with Crippen molar-refractivity contribution in [3.8, 4) is 0 Å². The molecule has 0 aliphatic carbocycles. The van der Waals surface area contributed by atoms with Gasteiger partial charge in [-0.3, -0.25) is 0 Å². The fourth-order valence-electron chi connectivity index (χ4n) is 1.88. The summed E-state index contributed by atoms with van der Waals surface area (Å²) in [4.78, 5) is 3.15. The van der Waals surface area contributed by atoms with Crippen molar-refractivity contribution in [1.29, 1.82) is 0 Å². The molecule has 1 unspecified atom stereocenters. The molecule has 2 nitrogen and oxygen atoms in total. The summed E-state index contributed by atoms with van der Waals surface area (Å²) in [5, 5.41) is 4.29. The number of halogens is 1. The Bertz CT molecular complexity index is 516. The summed E-state index contributed by atoms with van der Waals surface area (Å²) in [5.74, 6) is -0.189. The van der Waals surface area contributed by atoms with Crippen molar-refractivity contribution in [2.45, 2.75) is 19.4 Å². The molecule has 0 radical (unpaired) electrons. The van der Waals surface area contributed by atoms with Crippen LogP contribution in [0.5, 0.6) is 0 Å². The molecule has 0 aliphatic heterocycles. The van der Waals surface area contributed by atoms with Gasteiger partial charge in [0.15, 0.2) is 0 Å². The number of aromatic amines is 1. The van der Waals surface area contributed by atoms with Crippen LogP contribution in [0.3, 0.4) is 0 Å². The van der Waals surface area contributed by atoms with Crippen molar-refractivity contribution in [3.63, 3.8) is 0 Å². The van der Waals surface area contributed by atoms with Gasteiger partial charge in [0.25, 0.3) is 0 Å². The Morgan fingerprint density at radius 3 is 3.12 bits per heavy atom. The number of fused-ring (bicyclic) bond motifs is 1. The fourth-order valence-corrected chi connectivity index (χ4v) is 1.88. The Labute approximate surface area is 101 Å². The van der Waals surface area contributed by atoms with Crippen LogP contribution < -0.4 is 5.32 Å². The van der Waals surface area contributed by atoms with Gasteiger partial charge < -0.3 is 10.3 Å². The first-order valence-corrected chi connectivity index (χ1v) is 5.82. The summed E-state index contributed by atoms with van der Waals surface area (Å²) in [6.07, 6.45) is 4.70. The lowest BCUT2D eigenvalue weighted by molar-refractivity contribution is 0.628. The highest BCUT2D eigenvalue weighted by atomic mass is 19.1. The van der Waals surface area contributed by atoms with Gasteiger partial charge in [-0.15, -0.1) is 6.58 Å². The maximum absolute atomic E-state index is 13.2. The van der Waals surface area contributed by atoms with Gasteiger partial charge >= 0.3 is 0 Å². The molecule has 1 atom stereocenters. The van der Waals surface area contributed by atoms with Crippen molar-refractivity contribution in [2.24, 2.45) is 0 Å². The zero-order valence-corrected chi connectivity index (χ0v) is 9.96. The first-order chi connectivity index (χ1) is 8.20. The molecular formula is C14H17FN2. The largest absolute Gasteiger partial charge is 0.361 e. The number of aromatic nitrogens is 1. The van der Waals surface area contributed by atoms with Crippen molar-refractivity contribution >= 4 is 10.9 Å². The topological polar surface area (TPSA) is 27.8 Å². The number of benzene rings is 1. The molecule has 0 bridgehead atoms. The first kappa shape index (κ1) is 11.9. The smallest absolute Gasteiger partial charge is 0.123 e. The molecule has 0 saturated carbocycles. The van der Waals surface area contributed by atoms with Crippen molar-refractivity contribution in [3.05, 3.63) is 48.4 Å². The summed E-state index contributed by atoms with van der Waals surface area (Å²) >= 11 is 0. The summed E-state index contributed by atoms with van der Waals surface area (Å²) < 4.78 is 13.2. The minimum atomic E-state index is -0.189. The normalized spacial score (nSPS) is 12.8. The zero-order chi connectivity index (χ0) is 12.3. The third-order valence-electron chi connectivity index (χ3n) is 2.94. The summed E-state index contributed by atoms with van der Waals surface area (Å²) in [6, 6.07) is 5.13. The van der Waals surface area contributed by atoms with E-state index in [0.29, 0.717) is 6.04 Å². The molecule has 1 aromatic heterocycles. The fraction of sp³-hybridized carbons (Fsp3) is 0.286. The lowest BCUT2D eigenvalue weighted by Gasteiger charge is -2.08. The van der Waals surface area contributed by atoms with Crippen LogP contribution in [0.25, 0.3) is 10.9 Å². The predicted octanol–water partition coefficient (Wildman–Crippen LogP) is 3.01. The Morgan fingerprint density at radius 2 is 2.35 bits per heavy atom. The molecule has 2 N–H and O–H groups in total. The van der Waals surface area contributed by atoms with Gasteiger partial charge in [-0.2, -0.15) is 0 Å². The third-order valence-corrected chi connectivity index (χ3v) is 2.94. The molecule has 0 fully saturated rings. The van der Waals surface area contributed by atoms with E-state index < -0.39 is 0 Å². The summed E-state index contributed by atoms with van der Waals surface area (Å²) in [7, 11) is 0. The predicted molar refractivity (Wildman–Crippen MR) is 69.6 cm³/mol. The van der Waals surface area contributed by atoms with E-state index in [2.05, 4.69) is 23.8 Å². The van der Waals surface area contributed by atoms with Gasteiger partial charge in [-0.1, -0.05) is 6.08 Å². The summed E-state index contributed by atoms with van der Waals surface area (Å²) in [6.45, 7) is 6.63. The highest BCUT2D eigenvalue weighted by Crippen LogP contribution is 2.19. The van der Waals surface area contributed by atoms with Crippen LogP contribution in [0.2, 0.25) is 0 Å². The molecule has 0 amide bonds. The Hall–Kier alpha value is -1.61. The van der Waals surface area contributed by atoms with E-state index >= 15 is 0 Å². The third kappa shape index (κ3) is 2.74. The van der Waals surface area contributed by atoms with E-state index in [1.165, 1.54) is 6.07 Å². The molecule has 0 aliphatic rings. The average molecular weight is 232 g/mol.